The Morgan fingerprint density at radius 1 is 1.29 bits per heavy atom. The summed E-state index contributed by atoms with van der Waals surface area (Å²) in [4.78, 5) is 9.07. The molecule has 0 saturated carbocycles. The number of nitrogens with one attached hydrogen (secondary N) is 2. The van der Waals surface area contributed by atoms with Gasteiger partial charge in [0, 0.05) is 35.6 Å². The van der Waals surface area contributed by atoms with Crippen LogP contribution in [0.4, 0.5) is 0 Å². The lowest BCUT2D eigenvalue weighted by atomic mass is 10.2. The maximum absolute atomic E-state index is 6.17. The minimum atomic E-state index is 0. The van der Waals surface area contributed by atoms with Gasteiger partial charge in [0.1, 0.15) is 0 Å². The second-order valence-corrected chi connectivity index (χ2v) is 6.55. The fourth-order valence-electron chi connectivity index (χ4n) is 2.10. The van der Waals surface area contributed by atoms with E-state index in [4.69, 9.17) is 11.6 Å². The largest absolute Gasteiger partial charge is 0.357 e. The van der Waals surface area contributed by atoms with E-state index in [1.165, 1.54) is 5.01 Å². The Hall–Kier alpha value is -0.860. The summed E-state index contributed by atoms with van der Waals surface area (Å²) in [6.07, 6.45) is 2.03. The van der Waals surface area contributed by atoms with Gasteiger partial charge in [-0.1, -0.05) is 29.8 Å². The zero-order valence-corrected chi connectivity index (χ0v) is 17.9. The van der Waals surface area contributed by atoms with Crippen LogP contribution in [0.15, 0.2) is 34.6 Å². The Labute approximate surface area is 170 Å². The Kier molecular flexibility index (Phi) is 10.3. The van der Waals surface area contributed by atoms with Crippen molar-refractivity contribution in [1.82, 2.24) is 15.6 Å². The van der Waals surface area contributed by atoms with Crippen molar-refractivity contribution in [2.24, 2.45) is 4.99 Å². The Balaban J connectivity index is 0.00000288. The van der Waals surface area contributed by atoms with Gasteiger partial charge in [-0.05, 0) is 31.9 Å². The smallest absolute Gasteiger partial charge is 0.191 e. The molecule has 0 saturated heterocycles. The molecule has 0 aliphatic heterocycles. The monoisotopic (exact) mass is 478 g/mol. The van der Waals surface area contributed by atoms with Crippen LogP contribution in [-0.4, -0.2) is 24.0 Å². The van der Waals surface area contributed by atoms with Crippen molar-refractivity contribution in [3.63, 3.8) is 0 Å². The number of benzene rings is 1. The molecule has 0 bridgehead atoms. The topological polar surface area (TPSA) is 49.3 Å². The van der Waals surface area contributed by atoms with Gasteiger partial charge in [-0.3, -0.25) is 0 Å². The van der Waals surface area contributed by atoms with Crippen LogP contribution < -0.4 is 10.6 Å². The molecule has 0 unspecified atom stereocenters. The first-order valence-corrected chi connectivity index (χ1v) is 9.11. The highest BCUT2D eigenvalue weighted by molar-refractivity contribution is 14.0. The molecule has 2 rings (SSSR count). The predicted octanol–water partition coefficient (Wildman–Crippen LogP) is 4.41. The summed E-state index contributed by atoms with van der Waals surface area (Å²) in [5, 5.41) is 10.7. The molecular formula is C17H24ClIN4S. The van der Waals surface area contributed by atoms with Crippen molar-refractivity contribution in [3.05, 3.63) is 50.9 Å². The third kappa shape index (κ3) is 7.36. The number of nitrogens with zero attached hydrogens (tertiary/aromatic N) is 2. The van der Waals surface area contributed by atoms with Gasteiger partial charge in [0.05, 0.1) is 11.6 Å². The number of rotatable bonds is 7. The Morgan fingerprint density at radius 2 is 2.08 bits per heavy atom. The first-order valence-electron chi connectivity index (χ1n) is 7.85. The summed E-state index contributed by atoms with van der Waals surface area (Å²) >= 11 is 7.89. The Bertz CT molecular complexity index is 645. The van der Waals surface area contributed by atoms with Crippen LogP contribution in [0, 0.1) is 6.92 Å². The summed E-state index contributed by atoms with van der Waals surface area (Å²) in [5.41, 5.74) is 2.14. The average Bonchev–Trinajstić information content (AvgIpc) is 2.96. The standard InChI is InChI=1S/C17H23ClN4S.HI/c1-3-19-17(21-11-14-7-4-5-8-15(14)18)20-10-6-9-16-22-13(2)12-23-16;/h4-5,7-8,12H,3,6,9-11H2,1-2H3,(H2,19,20,21);1H. The third-order valence-corrected chi connectivity index (χ3v) is 4.63. The zero-order valence-electron chi connectivity index (χ0n) is 14.0. The van der Waals surface area contributed by atoms with E-state index in [0.29, 0.717) is 6.54 Å². The lowest BCUT2D eigenvalue weighted by molar-refractivity contribution is 0.740. The molecule has 2 N–H and O–H groups in total. The third-order valence-electron chi connectivity index (χ3n) is 3.24. The highest BCUT2D eigenvalue weighted by Gasteiger charge is 2.02. The SMILES string of the molecule is CCNC(=NCc1ccccc1Cl)NCCCc1nc(C)cs1.I. The minimum absolute atomic E-state index is 0. The van der Waals surface area contributed by atoms with Crippen LogP contribution in [0.1, 0.15) is 29.6 Å². The van der Waals surface area contributed by atoms with Crippen molar-refractivity contribution in [2.45, 2.75) is 33.2 Å². The van der Waals surface area contributed by atoms with Gasteiger partial charge >= 0.3 is 0 Å². The average molecular weight is 479 g/mol. The van der Waals surface area contributed by atoms with Gasteiger partial charge in [0.15, 0.2) is 5.96 Å². The molecule has 0 amide bonds. The number of aryl methyl sites for hydroxylation is 2. The van der Waals surface area contributed by atoms with Crippen molar-refractivity contribution >= 4 is 52.9 Å². The molecular weight excluding hydrogens is 455 g/mol. The van der Waals surface area contributed by atoms with Crippen LogP contribution in [0.2, 0.25) is 5.02 Å². The summed E-state index contributed by atoms with van der Waals surface area (Å²) in [6, 6.07) is 7.80. The van der Waals surface area contributed by atoms with E-state index in [2.05, 4.69) is 32.9 Å². The molecule has 0 atom stereocenters. The summed E-state index contributed by atoms with van der Waals surface area (Å²) in [6.45, 7) is 6.36. The molecule has 2 aromatic rings. The lowest BCUT2D eigenvalue weighted by Crippen LogP contribution is -2.37. The van der Waals surface area contributed by atoms with Gasteiger partial charge in [-0.25, -0.2) is 9.98 Å². The maximum Gasteiger partial charge on any atom is 0.191 e. The number of thiazole rings is 1. The molecule has 0 aliphatic rings. The van der Waals surface area contributed by atoms with E-state index in [0.717, 1.165) is 48.2 Å². The van der Waals surface area contributed by atoms with Crippen LogP contribution in [-0.2, 0) is 13.0 Å². The molecule has 0 radical (unpaired) electrons. The molecule has 1 aromatic carbocycles. The van der Waals surface area contributed by atoms with E-state index in [9.17, 15) is 0 Å². The molecule has 132 valence electrons. The molecule has 1 heterocycles. The second-order valence-electron chi connectivity index (χ2n) is 5.20. The summed E-state index contributed by atoms with van der Waals surface area (Å²) in [5.74, 6) is 0.822. The highest BCUT2D eigenvalue weighted by Crippen LogP contribution is 2.15. The lowest BCUT2D eigenvalue weighted by Gasteiger charge is -2.11. The molecule has 0 aliphatic carbocycles. The number of guanidine groups is 1. The fraction of sp³-hybridized carbons (Fsp3) is 0.412. The normalized spacial score (nSPS) is 11.0. The fourth-order valence-corrected chi connectivity index (χ4v) is 3.11. The summed E-state index contributed by atoms with van der Waals surface area (Å²) < 4.78 is 0. The number of hydrogen-bond donors (Lipinski definition) is 2. The van der Waals surface area contributed by atoms with Crippen molar-refractivity contribution < 1.29 is 0 Å². The quantitative estimate of drug-likeness (QED) is 0.268. The first kappa shape index (κ1) is 21.2. The van der Waals surface area contributed by atoms with Crippen LogP contribution in [0.5, 0.6) is 0 Å². The van der Waals surface area contributed by atoms with Gasteiger partial charge in [-0.15, -0.1) is 35.3 Å². The second kappa shape index (κ2) is 11.7. The van der Waals surface area contributed by atoms with Crippen LogP contribution in [0.25, 0.3) is 0 Å². The van der Waals surface area contributed by atoms with Gasteiger partial charge in [-0.2, -0.15) is 0 Å². The first-order chi connectivity index (χ1) is 11.2. The molecule has 4 nitrogen and oxygen atoms in total. The molecule has 1 aromatic heterocycles. The van der Waals surface area contributed by atoms with E-state index >= 15 is 0 Å². The zero-order chi connectivity index (χ0) is 16.5. The van der Waals surface area contributed by atoms with Crippen molar-refractivity contribution in [1.29, 1.82) is 0 Å². The number of halogens is 2. The van der Waals surface area contributed by atoms with E-state index in [1.807, 2.05) is 31.2 Å². The van der Waals surface area contributed by atoms with Gasteiger partial charge < -0.3 is 10.6 Å². The number of aliphatic imine (C=N–C) groups is 1. The Morgan fingerprint density at radius 3 is 2.75 bits per heavy atom. The molecule has 0 fully saturated rings. The van der Waals surface area contributed by atoms with Crippen LogP contribution in [0.3, 0.4) is 0 Å². The number of aromatic nitrogens is 1. The van der Waals surface area contributed by atoms with E-state index in [1.54, 1.807) is 11.3 Å². The van der Waals surface area contributed by atoms with Crippen molar-refractivity contribution in [3.8, 4) is 0 Å². The van der Waals surface area contributed by atoms with Gasteiger partial charge in [0.25, 0.3) is 0 Å². The molecule has 0 spiro atoms. The molecule has 7 heteroatoms. The van der Waals surface area contributed by atoms with Crippen molar-refractivity contribution in [2.75, 3.05) is 13.1 Å². The number of hydrogen-bond acceptors (Lipinski definition) is 3. The predicted molar refractivity (Wildman–Crippen MR) is 115 cm³/mol. The van der Waals surface area contributed by atoms with Crippen LogP contribution >= 0.6 is 46.9 Å². The summed E-state index contributed by atoms with van der Waals surface area (Å²) in [7, 11) is 0. The van der Waals surface area contributed by atoms with E-state index < -0.39 is 0 Å². The van der Waals surface area contributed by atoms with E-state index in [-0.39, 0.29) is 24.0 Å². The van der Waals surface area contributed by atoms with Gasteiger partial charge in [0.2, 0.25) is 0 Å². The maximum atomic E-state index is 6.17. The molecule has 24 heavy (non-hydrogen) atoms. The highest BCUT2D eigenvalue weighted by atomic mass is 127. The minimum Gasteiger partial charge on any atom is -0.357 e.